The Labute approximate surface area is 151 Å². The molecule has 2 rings (SSSR count). The molecule has 0 atom stereocenters. The van der Waals surface area contributed by atoms with Gasteiger partial charge in [0, 0.05) is 29.4 Å². The number of hydrogen-bond donors (Lipinski definition) is 2. The van der Waals surface area contributed by atoms with Crippen molar-refractivity contribution in [1.82, 2.24) is 4.72 Å². The molecule has 26 heavy (non-hydrogen) atoms. The van der Waals surface area contributed by atoms with Gasteiger partial charge in [0.15, 0.2) is 0 Å². The minimum atomic E-state index is -3.58. The van der Waals surface area contributed by atoms with Crippen LogP contribution in [0.3, 0.4) is 0 Å². The predicted octanol–water partition coefficient (Wildman–Crippen LogP) is 2.84. The van der Waals surface area contributed by atoms with Crippen molar-refractivity contribution in [1.29, 1.82) is 0 Å². The molecule has 0 unspecified atom stereocenters. The SMILES string of the molecule is CCCNS(=O)(=O)c1ccc(NC(=O)c2ccc(C)c([N+](=O)[O-])c2)cc1. The molecular formula is C17H19N3O5S. The maximum atomic E-state index is 12.3. The Balaban J connectivity index is 2.15. The van der Waals surface area contributed by atoms with Crippen LogP contribution in [0.1, 0.15) is 29.3 Å². The number of benzene rings is 2. The Morgan fingerprint density at radius 1 is 1.15 bits per heavy atom. The van der Waals surface area contributed by atoms with E-state index in [2.05, 4.69) is 10.0 Å². The predicted molar refractivity (Wildman–Crippen MR) is 97.7 cm³/mol. The highest BCUT2D eigenvalue weighted by Gasteiger charge is 2.16. The number of carbonyl (C=O) groups excluding carboxylic acids is 1. The third-order valence-electron chi connectivity index (χ3n) is 3.63. The number of nitrogens with one attached hydrogen (secondary N) is 2. The van der Waals surface area contributed by atoms with E-state index >= 15 is 0 Å². The summed E-state index contributed by atoms with van der Waals surface area (Å²) in [5, 5.41) is 13.6. The van der Waals surface area contributed by atoms with Crippen LogP contribution in [0.25, 0.3) is 0 Å². The van der Waals surface area contributed by atoms with Crippen LogP contribution in [-0.4, -0.2) is 25.8 Å². The van der Waals surface area contributed by atoms with Crippen LogP contribution >= 0.6 is 0 Å². The van der Waals surface area contributed by atoms with Gasteiger partial charge in [0.05, 0.1) is 9.82 Å². The Bertz CT molecular complexity index is 924. The third kappa shape index (κ3) is 4.64. The van der Waals surface area contributed by atoms with Crippen molar-refractivity contribution in [3.05, 3.63) is 63.7 Å². The molecule has 0 aromatic heterocycles. The van der Waals surface area contributed by atoms with Gasteiger partial charge in [-0.05, 0) is 43.7 Å². The molecule has 8 nitrogen and oxygen atoms in total. The van der Waals surface area contributed by atoms with E-state index < -0.39 is 20.9 Å². The van der Waals surface area contributed by atoms with Crippen LogP contribution in [0.15, 0.2) is 47.4 Å². The molecule has 0 spiro atoms. The Morgan fingerprint density at radius 3 is 2.38 bits per heavy atom. The van der Waals surface area contributed by atoms with E-state index in [9.17, 15) is 23.3 Å². The molecule has 0 fully saturated rings. The highest BCUT2D eigenvalue weighted by atomic mass is 32.2. The first kappa shape index (κ1) is 19.5. The monoisotopic (exact) mass is 377 g/mol. The molecule has 0 bridgehead atoms. The van der Waals surface area contributed by atoms with Gasteiger partial charge in [0.1, 0.15) is 0 Å². The standard InChI is InChI=1S/C17H19N3O5S/c1-3-10-18-26(24,25)15-8-6-14(7-9-15)19-17(21)13-5-4-12(2)16(11-13)20(22)23/h4-9,11,18H,3,10H2,1-2H3,(H,19,21). The lowest BCUT2D eigenvalue weighted by Gasteiger charge is -2.08. The molecular weight excluding hydrogens is 358 g/mol. The van der Waals surface area contributed by atoms with Crippen molar-refractivity contribution in [2.75, 3.05) is 11.9 Å². The fraction of sp³-hybridized carbons (Fsp3) is 0.235. The lowest BCUT2D eigenvalue weighted by Crippen LogP contribution is -2.24. The van der Waals surface area contributed by atoms with Gasteiger partial charge in [0.25, 0.3) is 11.6 Å². The van der Waals surface area contributed by atoms with Crippen molar-refractivity contribution < 1.29 is 18.1 Å². The van der Waals surface area contributed by atoms with Gasteiger partial charge < -0.3 is 5.32 Å². The zero-order valence-corrected chi connectivity index (χ0v) is 15.2. The van der Waals surface area contributed by atoms with Crippen LogP contribution in [0.4, 0.5) is 11.4 Å². The van der Waals surface area contributed by atoms with Crippen LogP contribution in [-0.2, 0) is 10.0 Å². The molecule has 0 aliphatic rings. The van der Waals surface area contributed by atoms with Crippen LogP contribution in [0, 0.1) is 17.0 Å². The molecule has 0 saturated heterocycles. The van der Waals surface area contributed by atoms with Crippen LogP contribution in [0.2, 0.25) is 0 Å². The van der Waals surface area contributed by atoms with Gasteiger partial charge in [-0.2, -0.15) is 0 Å². The number of rotatable bonds is 7. The highest BCUT2D eigenvalue weighted by Crippen LogP contribution is 2.20. The van der Waals surface area contributed by atoms with E-state index in [0.29, 0.717) is 24.2 Å². The van der Waals surface area contributed by atoms with E-state index in [1.807, 2.05) is 6.92 Å². The molecule has 0 heterocycles. The zero-order valence-electron chi connectivity index (χ0n) is 14.4. The molecule has 0 radical (unpaired) electrons. The molecule has 2 aromatic carbocycles. The summed E-state index contributed by atoms with van der Waals surface area (Å²) in [4.78, 5) is 22.8. The Morgan fingerprint density at radius 2 is 1.81 bits per heavy atom. The average molecular weight is 377 g/mol. The number of nitro groups is 1. The maximum Gasteiger partial charge on any atom is 0.273 e. The second-order valence-electron chi connectivity index (χ2n) is 5.63. The first-order valence-electron chi connectivity index (χ1n) is 7.90. The molecule has 2 N–H and O–H groups in total. The first-order valence-corrected chi connectivity index (χ1v) is 9.39. The maximum absolute atomic E-state index is 12.3. The zero-order chi connectivity index (χ0) is 19.3. The second kappa shape index (κ2) is 8.07. The van der Waals surface area contributed by atoms with Crippen molar-refractivity contribution >= 4 is 27.3 Å². The van der Waals surface area contributed by atoms with Crippen LogP contribution < -0.4 is 10.0 Å². The molecule has 0 aliphatic carbocycles. The average Bonchev–Trinajstić information content (AvgIpc) is 2.60. The van der Waals surface area contributed by atoms with Gasteiger partial charge in [0.2, 0.25) is 10.0 Å². The first-order chi connectivity index (χ1) is 12.2. The van der Waals surface area contributed by atoms with Crippen molar-refractivity contribution in [3.8, 4) is 0 Å². The number of aryl methyl sites for hydroxylation is 1. The molecule has 2 aromatic rings. The van der Waals surface area contributed by atoms with Gasteiger partial charge in [-0.25, -0.2) is 13.1 Å². The largest absolute Gasteiger partial charge is 0.322 e. The molecule has 0 saturated carbocycles. The fourth-order valence-electron chi connectivity index (χ4n) is 2.19. The second-order valence-corrected chi connectivity index (χ2v) is 7.40. The smallest absolute Gasteiger partial charge is 0.273 e. The van der Waals surface area contributed by atoms with E-state index in [-0.39, 0.29) is 16.1 Å². The summed E-state index contributed by atoms with van der Waals surface area (Å²) in [7, 11) is -3.58. The summed E-state index contributed by atoms with van der Waals surface area (Å²) < 4.78 is 26.5. The summed E-state index contributed by atoms with van der Waals surface area (Å²) in [6, 6.07) is 9.88. The minimum absolute atomic E-state index is 0.0925. The van der Waals surface area contributed by atoms with Gasteiger partial charge in [-0.3, -0.25) is 14.9 Å². The molecule has 1 amide bonds. The number of amides is 1. The lowest BCUT2D eigenvalue weighted by atomic mass is 10.1. The normalized spacial score (nSPS) is 11.2. The molecule has 0 aliphatic heterocycles. The summed E-state index contributed by atoms with van der Waals surface area (Å²) in [5.74, 6) is -0.521. The van der Waals surface area contributed by atoms with E-state index in [4.69, 9.17) is 0 Å². The Kier molecular flexibility index (Phi) is 6.06. The summed E-state index contributed by atoms with van der Waals surface area (Å²) >= 11 is 0. The van der Waals surface area contributed by atoms with Crippen LogP contribution in [0.5, 0.6) is 0 Å². The van der Waals surface area contributed by atoms with E-state index in [1.54, 1.807) is 6.92 Å². The minimum Gasteiger partial charge on any atom is -0.322 e. The van der Waals surface area contributed by atoms with Crippen molar-refractivity contribution in [3.63, 3.8) is 0 Å². The van der Waals surface area contributed by atoms with Crippen molar-refractivity contribution in [2.45, 2.75) is 25.2 Å². The van der Waals surface area contributed by atoms with Crippen molar-refractivity contribution in [2.24, 2.45) is 0 Å². The van der Waals surface area contributed by atoms with Gasteiger partial charge >= 0.3 is 0 Å². The fourth-order valence-corrected chi connectivity index (χ4v) is 3.32. The molecule has 138 valence electrons. The number of nitro benzene ring substituents is 1. The Hall–Kier alpha value is -2.78. The number of nitrogens with zero attached hydrogens (tertiary/aromatic N) is 1. The molecule has 9 heteroatoms. The number of sulfonamides is 1. The summed E-state index contributed by atoms with van der Waals surface area (Å²) in [5.41, 5.74) is 0.845. The van der Waals surface area contributed by atoms with Gasteiger partial charge in [-0.15, -0.1) is 0 Å². The third-order valence-corrected chi connectivity index (χ3v) is 5.11. The summed E-state index contributed by atoms with van der Waals surface area (Å²) in [6.07, 6.45) is 0.677. The van der Waals surface area contributed by atoms with E-state index in [1.165, 1.54) is 42.5 Å². The highest BCUT2D eigenvalue weighted by molar-refractivity contribution is 7.89. The summed E-state index contributed by atoms with van der Waals surface area (Å²) in [6.45, 7) is 3.79. The topological polar surface area (TPSA) is 118 Å². The van der Waals surface area contributed by atoms with Gasteiger partial charge in [-0.1, -0.05) is 13.0 Å². The number of hydrogen-bond acceptors (Lipinski definition) is 5. The number of carbonyl (C=O) groups is 1. The quantitative estimate of drug-likeness (QED) is 0.568. The van der Waals surface area contributed by atoms with E-state index in [0.717, 1.165) is 0 Å². The lowest BCUT2D eigenvalue weighted by molar-refractivity contribution is -0.385. The number of anilines is 1.